The molecule has 7 nitrogen and oxygen atoms in total. The molecule has 1 aliphatic heterocycles. The van der Waals surface area contributed by atoms with Crippen LogP contribution in [0.25, 0.3) is 11.5 Å². The first-order valence-electron chi connectivity index (χ1n) is 11.3. The van der Waals surface area contributed by atoms with Crippen LogP contribution >= 0.6 is 11.6 Å². The Hall–Kier alpha value is -3.26. The third kappa shape index (κ3) is 5.28. The summed E-state index contributed by atoms with van der Waals surface area (Å²) in [5.41, 5.74) is 1.09. The van der Waals surface area contributed by atoms with Crippen LogP contribution in [0.5, 0.6) is 0 Å². The van der Waals surface area contributed by atoms with Crippen LogP contribution in [0.2, 0.25) is 5.02 Å². The highest BCUT2D eigenvalue weighted by Crippen LogP contribution is 2.27. The molecule has 1 aromatic heterocycles. The van der Waals surface area contributed by atoms with E-state index in [9.17, 15) is 14.0 Å². The van der Waals surface area contributed by atoms with E-state index in [1.165, 1.54) is 24.3 Å². The van der Waals surface area contributed by atoms with Crippen molar-refractivity contribution in [1.29, 1.82) is 0 Å². The topological polar surface area (TPSA) is 79.5 Å². The lowest BCUT2D eigenvalue weighted by atomic mass is 9.94. The van der Waals surface area contributed by atoms with Gasteiger partial charge in [0.05, 0.1) is 17.1 Å². The molecule has 0 N–H and O–H groups in total. The fourth-order valence-electron chi connectivity index (χ4n) is 4.06. The van der Waals surface area contributed by atoms with Crippen molar-refractivity contribution in [2.24, 2.45) is 5.92 Å². The molecule has 178 valence electrons. The number of piperidine rings is 1. The highest BCUT2D eigenvalue weighted by Gasteiger charge is 2.32. The Kier molecular flexibility index (Phi) is 7.26. The summed E-state index contributed by atoms with van der Waals surface area (Å²) in [4.78, 5) is 29.5. The van der Waals surface area contributed by atoms with E-state index in [1.807, 2.05) is 26.0 Å². The van der Waals surface area contributed by atoms with Gasteiger partial charge in [-0.15, -0.1) is 10.2 Å². The van der Waals surface area contributed by atoms with Crippen molar-refractivity contribution in [2.45, 2.75) is 39.3 Å². The quantitative estimate of drug-likeness (QED) is 0.501. The van der Waals surface area contributed by atoms with E-state index in [-0.39, 0.29) is 36.1 Å². The Balaban J connectivity index is 1.39. The summed E-state index contributed by atoms with van der Waals surface area (Å²) in [6, 6.07) is 12.7. The molecule has 0 radical (unpaired) electrons. The van der Waals surface area contributed by atoms with Crippen molar-refractivity contribution < 1.29 is 18.4 Å². The molecular weight excluding hydrogens is 459 g/mol. The van der Waals surface area contributed by atoms with Crippen LogP contribution in [0.3, 0.4) is 0 Å². The lowest BCUT2D eigenvalue weighted by molar-refractivity contribution is -0.139. The van der Waals surface area contributed by atoms with Crippen molar-refractivity contribution in [3.63, 3.8) is 0 Å². The van der Waals surface area contributed by atoms with Gasteiger partial charge in [0.1, 0.15) is 5.82 Å². The summed E-state index contributed by atoms with van der Waals surface area (Å²) in [6.07, 6.45) is 1.12. The number of hydrogen-bond donors (Lipinski definition) is 0. The molecule has 9 heteroatoms. The number of carbonyl (C=O) groups excluding carboxylic acids is 2. The van der Waals surface area contributed by atoms with Gasteiger partial charge in [-0.05, 0) is 63.1 Å². The zero-order valence-corrected chi connectivity index (χ0v) is 19.8. The van der Waals surface area contributed by atoms with Gasteiger partial charge in [-0.25, -0.2) is 4.39 Å². The van der Waals surface area contributed by atoms with E-state index >= 15 is 0 Å². The number of benzene rings is 2. The van der Waals surface area contributed by atoms with E-state index in [4.69, 9.17) is 16.0 Å². The van der Waals surface area contributed by atoms with Gasteiger partial charge in [-0.1, -0.05) is 23.7 Å². The maximum atomic E-state index is 13.3. The van der Waals surface area contributed by atoms with Gasteiger partial charge in [-0.3, -0.25) is 9.59 Å². The van der Waals surface area contributed by atoms with Crippen LogP contribution in [0, 0.1) is 11.7 Å². The Bertz CT molecular complexity index is 1160. The SMILES string of the molecule is CC(C)N(Cc1nnc(-c2ccccc2Cl)o1)C(=O)C1CCN(C(=O)c2ccc(F)cc2)CC1. The third-order valence-electron chi connectivity index (χ3n) is 6.01. The molecule has 0 bridgehead atoms. The fraction of sp³-hybridized carbons (Fsp3) is 0.360. The van der Waals surface area contributed by atoms with Crippen molar-refractivity contribution in [3.8, 4) is 11.5 Å². The van der Waals surface area contributed by atoms with Crippen molar-refractivity contribution >= 4 is 23.4 Å². The normalized spacial score (nSPS) is 14.4. The van der Waals surface area contributed by atoms with E-state index in [1.54, 1.807) is 21.9 Å². The molecule has 2 amide bonds. The first-order chi connectivity index (χ1) is 16.3. The molecule has 1 aliphatic rings. The summed E-state index contributed by atoms with van der Waals surface area (Å²) in [7, 11) is 0. The highest BCUT2D eigenvalue weighted by atomic mass is 35.5. The molecule has 0 aliphatic carbocycles. The second-order valence-electron chi connectivity index (χ2n) is 8.61. The maximum absolute atomic E-state index is 13.3. The Morgan fingerprint density at radius 1 is 1.12 bits per heavy atom. The van der Waals surface area contributed by atoms with Crippen LogP contribution < -0.4 is 0 Å². The Labute approximate surface area is 202 Å². The lowest BCUT2D eigenvalue weighted by Gasteiger charge is -2.35. The first kappa shape index (κ1) is 23.9. The average molecular weight is 485 g/mol. The second kappa shape index (κ2) is 10.3. The Morgan fingerprint density at radius 2 is 1.79 bits per heavy atom. The predicted molar refractivity (Wildman–Crippen MR) is 125 cm³/mol. The van der Waals surface area contributed by atoms with E-state index in [0.29, 0.717) is 53.9 Å². The number of nitrogens with zero attached hydrogens (tertiary/aromatic N) is 4. The number of amides is 2. The number of hydrogen-bond acceptors (Lipinski definition) is 5. The molecule has 1 saturated heterocycles. The largest absolute Gasteiger partial charge is 0.419 e. The molecule has 4 rings (SSSR count). The summed E-state index contributed by atoms with van der Waals surface area (Å²) < 4.78 is 18.9. The van der Waals surface area contributed by atoms with Crippen LogP contribution in [-0.4, -0.2) is 50.9 Å². The van der Waals surface area contributed by atoms with Gasteiger partial charge in [0.15, 0.2) is 0 Å². The molecule has 3 aromatic rings. The minimum absolute atomic E-state index is 0.00127. The summed E-state index contributed by atoms with van der Waals surface area (Å²) in [5, 5.41) is 8.71. The molecule has 2 aromatic carbocycles. The average Bonchev–Trinajstić information content (AvgIpc) is 3.31. The molecular formula is C25H26ClFN4O3. The number of halogens is 2. The summed E-state index contributed by atoms with van der Waals surface area (Å²) in [5.74, 6) is -0.0864. The van der Waals surface area contributed by atoms with Gasteiger partial charge in [0, 0.05) is 30.6 Å². The van der Waals surface area contributed by atoms with Crippen molar-refractivity contribution in [3.05, 3.63) is 70.8 Å². The summed E-state index contributed by atoms with van der Waals surface area (Å²) in [6.45, 7) is 5.01. The van der Waals surface area contributed by atoms with Crippen molar-refractivity contribution in [2.75, 3.05) is 13.1 Å². The van der Waals surface area contributed by atoms with Crippen LogP contribution in [0.15, 0.2) is 52.9 Å². The highest BCUT2D eigenvalue weighted by molar-refractivity contribution is 6.33. The first-order valence-corrected chi connectivity index (χ1v) is 11.6. The second-order valence-corrected chi connectivity index (χ2v) is 9.02. The fourth-order valence-corrected chi connectivity index (χ4v) is 4.28. The third-order valence-corrected chi connectivity index (χ3v) is 6.34. The number of aromatic nitrogens is 2. The van der Waals surface area contributed by atoms with E-state index in [0.717, 1.165) is 0 Å². The van der Waals surface area contributed by atoms with Crippen LogP contribution in [0.1, 0.15) is 42.9 Å². The molecule has 1 fully saturated rings. The Morgan fingerprint density at radius 3 is 2.44 bits per heavy atom. The van der Waals surface area contributed by atoms with Gasteiger partial charge >= 0.3 is 0 Å². The van der Waals surface area contributed by atoms with Gasteiger partial charge in [0.25, 0.3) is 5.91 Å². The van der Waals surface area contributed by atoms with E-state index < -0.39 is 0 Å². The number of rotatable bonds is 6. The maximum Gasteiger partial charge on any atom is 0.253 e. The predicted octanol–water partition coefficient (Wildman–Crippen LogP) is 4.82. The molecule has 0 saturated carbocycles. The van der Waals surface area contributed by atoms with E-state index in [2.05, 4.69) is 10.2 Å². The zero-order chi connectivity index (χ0) is 24.2. The van der Waals surface area contributed by atoms with Gasteiger partial charge < -0.3 is 14.2 Å². The minimum atomic E-state index is -0.380. The van der Waals surface area contributed by atoms with Gasteiger partial charge in [-0.2, -0.15) is 0 Å². The lowest BCUT2D eigenvalue weighted by Crippen LogP contribution is -2.46. The zero-order valence-electron chi connectivity index (χ0n) is 19.1. The van der Waals surface area contributed by atoms with Crippen molar-refractivity contribution in [1.82, 2.24) is 20.0 Å². The number of carbonyl (C=O) groups is 2. The molecule has 34 heavy (non-hydrogen) atoms. The smallest absolute Gasteiger partial charge is 0.253 e. The minimum Gasteiger partial charge on any atom is -0.419 e. The molecule has 0 unspecified atom stereocenters. The standard InChI is InChI=1S/C25H26ClFN4O3/c1-16(2)31(15-22-28-29-23(34-22)20-5-3-4-6-21(20)26)25(33)18-11-13-30(14-12-18)24(32)17-7-9-19(27)10-8-17/h3-10,16,18H,11-15H2,1-2H3. The van der Waals surface area contributed by atoms with Crippen LogP contribution in [-0.2, 0) is 11.3 Å². The van der Waals surface area contributed by atoms with Gasteiger partial charge in [0.2, 0.25) is 17.7 Å². The van der Waals surface area contributed by atoms with Crippen LogP contribution in [0.4, 0.5) is 4.39 Å². The molecule has 2 heterocycles. The molecule has 0 atom stereocenters. The number of likely N-dealkylation sites (tertiary alicyclic amines) is 1. The molecule has 0 spiro atoms. The monoisotopic (exact) mass is 484 g/mol. The summed E-state index contributed by atoms with van der Waals surface area (Å²) >= 11 is 6.22.